The van der Waals surface area contributed by atoms with Crippen LogP contribution in [0.2, 0.25) is 0 Å². The number of rotatable bonds is 7. The van der Waals surface area contributed by atoms with Crippen LogP contribution in [0.3, 0.4) is 0 Å². The van der Waals surface area contributed by atoms with E-state index >= 15 is 0 Å². The summed E-state index contributed by atoms with van der Waals surface area (Å²) in [5, 5.41) is -2.73. The predicted octanol–water partition coefficient (Wildman–Crippen LogP) is 3.69. The van der Waals surface area contributed by atoms with Gasteiger partial charge < -0.3 is 0 Å². The SMILES string of the molecule is C.C.CC1CN(C)CC(CO[P](C)(=[W])N2CC(C)OC(CO[P](C)(C)=[W])C2)O1. The van der Waals surface area contributed by atoms with Gasteiger partial charge in [0.15, 0.2) is 0 Å². The van der Waals surface area contributed by atoms with E-state index < -0.39 is 10.4 Å². The average molecular weight is 780 g/mol. The van der Waals surface area contributed by atoms with Gasteiger partial charge in [0, 0.05) is 0 Å². The van der Waals surface area contributed by atoms with E-state index in [-0.39, 0.29) is 39.3 Å². The van der Waals surface area contributed by atoms with Crippen LogP contribution in [0, 0.1) is 0 Å². The van der Waals surface area contributed by atoms with E-state index in [2.05, 4.69) is 50.5 Å². The summed E-state index contributed by atoms with van der Waals surface area (Å²) in [4.78, 5) is 2.34. The Balaban J connectivity index is 0.00000364. The normalized spacial score (nSPS) is 32.1. The van der Waals surface area contributed by atoms with Crippen molar-refractivity contribution < 1.29 is 56.1 Å². The Bertz CT molecular complexity index is 554. The van der Waals surface area contributed by atoms with Crippen LogP contribution < -0.4 is 0 Å². The summed E-state index contributed by atoms with van der Waals surface area (Å²) in [6.07, 6.45) is 0.830. The van der Waals surface area contributed by atoms with Gasteiger partial charge in [0.05, 0.1) is 0 Å². The molecule has 0 aromatic heterocycles. The van der Waals surface area contributed by atoms with E-state index in [0.29, 0.717) is 13.2 Å². The number of hydrogen-bond acceptors (Lipinski definition) is 6. The standard InChI is InChI=1S/C16H34N2O4P2.2CH4.2W/c1-13-7-17(3)9-15(21-13)12-20-24(6)18-8-14(2)22-16(10-18)11-19-23(4)5;;;;/h13-16H,7-12H2,1-6H3;2*1H4;;. The van der Waals surface area contributed by atoms with Crippen LogP contribution in [0.25, 0.3) is 0 Å². The second kappa shape index (κ2) is 12.9. The fourth-order valence-corrected chi connectivity index (χ4v) is 8.23. The van der Waals surface area contributed by atoms with Crippen LogP contribution in [0.4, 0.5) is 0 Å². The van der Waals surface area contributed by atoms with Crippen LogP contribution in [-0.2, 0) is 56.1 Å². The first kappa shape index (κ1) is 30.0. The summed E-state index contributed by atoms with van der Waals surface area (Å²) >= 11 is 3.09. The Hall–Kier alpha value is 2.00. The van der Waals surface area contributed by atoms with Gasteiger partial charge in [-0.3, -0.25) is 0 Å². The van der Waals surface area contributed by atoms with Crippen molar-refractivity contribution in [2.45, 2.75) is 53.1 Å². The summed E-state index contributed by atoms with van der Waals surface area (Å²) in [5.74, 6) is 0. The monoisotopic (exact) mass is 780 g/mol. The molecule has 6 nitrogen and oxygen atoms in total. The van der Waals surface area contributed by atoms with Crippen LogP contribution in [0.15, 0.2) is 0 Å². The predicted molar refractivity (Wildman–Crippen MR) is 115 cm³/mol. The maximum atomic E-state index is 6.48. The van der Waals surface area contributed by atoms with Gasteiger partial charge in [-0.2, -0.15) is 0 Å². The molecule has 2 aliphatic heterocycles. The molecule has 10 heteroatoms. The first-order valence-corrected chi connectivity index (χ1v) is 21.5. The number of ether oxygens (including phenoxy) is 2. The topological polar surface area (TPSA) is 43.4 Å². The minimum atomic E-state index is -1.57. The first-order valence-electron chi connectivity index (χ1n) is 9.11. The minimum absolute atomic E-state index is 0. The van der Waals surface area contributed by atoms with Gasteiger partial charge >= 0.3 is 181 Å². The summed E-state index contributed by atoms with van der Waals surface area (Å²) in [7, 11) is 2.16. The van der Waals surface area contributed by atoms with Crippen LogP contribution in [0.5, 0.6) is 0 Å². The molecule has 5 unspecified atom stereocenters. The Morgan fingerprint density at radius 2 is 1.36 bits per heavy atom. The molecular weight excluding hydrogens is 738 g/mol. The molecule has 5 atom stereocenters. The van der Waals surface area contributed by atoms with Crippen LogP contribution >= 0.6 is 10.4 Å². The first-order chi connectivity index (χ1) is 11.9. The second-order valence-corrected chi connectivity index (χ2v) is 29.8. The molecule has 2 fully saturated rings. The zero-order chi connectivity index (χ0) is 19.5. The fraction of sp³-hybridized carbons (Fsp3) is 1.00. The quantitative estimate of drug-likeness (QED) is 0.368. The second-order valence-electron chi connectivity index (χ2n) is 7.88. The van der Waals surface area contributed by atoms with Crippen LogP contribution in [0.1, 0.15) is 28.7 Å². The fourth-order valence-electron chi connectivity index (χ4n) is 3.34. The molecule has 2 heterocycles. The summed E-state index contributed by atoms with van der Waals surface area (Å²) in [5.41, 5.74) is 0. The van der Waals surface area contributed by atoms with Crippen LogP contribution in [-0.4, -0.2) is 100 Å². The van der Waals surface area contributed by atoms with Gasteiger partial charge in [-0.05, 0) is 0 Å². The molecule has 0 spiro atoms. The van der Waals surface area contributed by atoms with Crippen molar-refractivity contribution in [3.8, 4) is 0 Å². The van der Waals surface area contributed by atoms with Gasteiger partial charge in [0.1, 0.15) is 0 Å². The Morgan fingerprint density at radius 1 is 0.857 bits per heavy atom. The van der Waals surface area contributed by atoms with Gasteiger partial charge in [-0.1, -0.05) is 14.9 Å². The van der Waals surface area contributed by atoms with Gasteiger partial charge in [-0.25, -0.2) is 0 Å². The Kier molecular flexibility index (Phi) is 13.8. The van der Waals surface area contributed by atoms with Gasteiger partial charge in [-0.15, -0.1) is 0 Å². The zero-order valence-corrected chi connectivity index (χ0v) is 24.4. The molecule has 0 bridgehead atoms. The third kappa shape index (κ3) is 10.5. The van der Waals surface area contributed by atoms with Crippen molar-refractivity contribution in [3.05, 3.63) is 0 Å². The van der Waals surface area contributed by atoms with E-state index in [1.54, 1.807) is 18.8 Å². The van der Waals surface area contributed by atoms with E-state index in [4.69, 9.17) is 18.5 Å². The van der Waals surface area contributed by atoms with Gasteiger partial charge in [0.25, 0.3) is 0 Å². The molecule has 0 aromatic rings. The molecule has 0 N–H and O–H groups in total. The molecule has 0 amide bonds. The molecule has 0 radical (unpaired) electrons. The molecular formula is C18H42N2O4P2W2. The Morgan fingerprint density at radius 3 is 1.89 bits per heavy atom. The molecule has 28 heavy (non-hydrogen) atoms. The number of nitrogens with zero attached hydrogens (tertiary/aromatic N) is 2. The number of morpholine rings is 2. The zero-order valence-electron chi connectivity index (χ0n) is 16.8. The maximum absolute atomic E-state index is 6.48. The van der Waals surface area contributed by atoms with Crippen molar-refractivity contribution in [1.29, 1.82) is 0 Å². The van der Waals surface area contributed by atoms with Crippen molar-refractivity contribution in [3.63, 3.8) is 0 Å². The molecule has 2 aliphatic rings. The molecule has 0 aromatic carbocycles. The number of likely N-dealkylation sites (N-methyl/N-ethyl adjacent to an activating group) is 1. The molecule has 2 saturated heterocycles. The Labute approximate surface area is 194 Å². The molecule has 0 saturated carbocycles. The molecule has 2 rings (SSSR count). The number of hydrogen-bond donors (Lipinski definition) is 0. The summed E-state index contributed by atoms with van der Waals surface area (Å²) < 4.78 is 27.3. The third-order valence-corrected chi connectivity index (χ3v) is 11.9. The van der Waals surface area contributed by atoms with E-state index in [0.717, 1.165) is 26.2 Å². The van der Waals surface area contributed by atoms with Gasteiger partial charge in [0.2, 0.25) is 0 Å². The van der Waals surface area contributed by atoms with E-state index in [9.17, 15) is 0 Å². The average Bonchev–Trinajstić information content (AvgIpc) is 2.49. The van der Waals surface area contributed by atoms with Crippen molar-refractivity contribution in [2.24, 2.45) is 0 Å². The molecule has 170 valence electrons. The van der Waals surface area contributed by atoms with E-state index in [1.165, 1.54) is 18.8 Å². The molecule has 0 aliphatic carbocycles. The summed E-state index contributed by atoms with van der Waals surface area (Å²) in [6, 6.07) is 0. The van der Waals surface area contributed by atoms with Crippen molar-refractivity contribution in [1.82, 2.24) is 9.57 Å². The van der Waals surface area contributed by atoms with Crippen molar-refractivity contribution in [2.75, 3.05) is 66.4 Å². The third-order valence-electron chi connectivity index (χ3n) is 4.40. The summed E-state index contributed by atoms with van der Waals surface area (Å²) in [6.45, 7) is 16.3. The van der Waals surface area contributed by atoms with Crippen molar-refractivity contribution >= 4 is 10.4 Å². The van der Waals surface area contributed by atoms with E-state index in [1.807, 2.05) is 0 Å².